The van der Waals surface area contributed by atoms with Gasteiger partial charge in [0.1, 0.15) is 17.5 Å². The smallest absolute Gasteiger partial charge is 0.266 e. The van der Waals surface area contributed by atoms with E-state index in [4.69, 9.17) is 16.3 Å². The van der Waals surface area contributed by atoms with Gasteiger partial charge in [0.05, 0.1) is 18.2 Å². The average molecular weight is 386 g/mol. The Balaban J connectivity index is 1.73. The zero-order valence-electron chi connectivity index (χ0n) is 14.4. The van der Waals surface area contributed by atoms with Crippen LogP contribution in [0.1, 0.15) is 5.56 Å². The van der Waals surface area contributed by atoms with Crippen molar-refractivity contribution in [3.63, 3.8) is 0 Å². The Morgan fingerprint density at radius 1 is 1.22 bits per heavy atom. The molecule has 0 spiro atoms. The van der Waals surface area contributed by atoms with E-state index in [1.807, 2.05) is 12.1 Å². The lowest BCUT2D eigenvalue weighted by molar-refractivity contribution is -0.112. The van der Waals surface area contributed by atoms with Gasteiger partial charge in [-0.15, -0.1) is 0 Å². The first-order chi connectivity index (χ1) is 13.1. The number of carbonyl (C=O) groups excluding carboxylic acids is 1. The number of rotatable bonds is 4. The summed E-state index contributed by atoms with van der Waals surface area (Å²) in [7, 11) is 0. The fourth-order valence-electron chi connectivity index (χ4n) is 2.72. The van der Waals surface area contributed by atoms with Crippen molar-refractivity contribution in [2.75, 3.05) is 36.5 Å². The number of nitrogens with one attached hydrogen (secondary N) is 1. The highest BCUT2D eigenvalue weighted by Gasteiger charge is 2.14. The van der Waals surface area contributed by atoms with Crippen molar-refractivity contribution in [3.8, 4) is 6.07 Å². The second-order valence-electron chi connectivity index (χ2n) is 5.91. The Bertz CT molecular complexity index is 880. The van der Waals surface area contributed by atoms with Gasteiger partial charge in [0.25, 0.3) is 5.91 Å². The second-order valence-corrected chi connectivity index (χ2v) is 6.31. The standard InChI is InChI=1S/C20H17ClFN3O2/c21-18-2-1-3-19(22)17(18)12-14(13-23)20(26)24-15-4-6-16(7-5-15)25-8-10-27-11-9-25/h1-7,12H,8-11H2,(H,24,26)/b14-12+. The van der Waals surface area contributed by atoms with Crippen LogP contribution in [0.3, 0.4) is 0 Å². The van der Waals surface area contributed by atoms with Crippen LogP contribution in [0.4, 0.5) is 15.8 Å². The van der Waals surface area contributed by atoms with Gasteiger partial charge in [-0.3, -0.25) is 4.79 Å². The molecule has 1 aliphatic rings. The van der Waals surface area contributed by atoms with Gasteiger partial charge in [0, 0.05) is 30.0 Å². The zero-order valence-corrected chi connectivity index (χ0v) is 15.2. The molecule has 3 rings (SSSR count). The normalized spacial score (nSPS) is 14.6. The number of benzene rings is 2. The maximum atomic E-state index is 13.9. The molecular formula is C20H17ClFN3O2. The summed E-state index contributed by atoms with van der Waals surface area (Å²) in [4.78, 5) is 14.6. The molecule has 0 saturated carbocycles. The molecule has 0 atom stereocenters. The third-order valence-electron chi connectivity index (χ3n) is 4.15. The molecule has 27 heavy (non-hydrogen) atoms. The van der Waals surface area contributed by atoms with Crippen LogP contribution in [0, 0.1) is 17.1 Å². The number of halogens is 2. The largest absolute Gasteiger partial charge is 0.378 e. The van der Waals surface area contributed by atoms with Crippen LogP contribution in [0.2, 0.25) is 5.02 Å². The number of amides is 1. The van der Waals surface area contributed by atoms with Crippen molar-refractivity contribution < 1.29 is 13.9 Å². The third kappa shape index (κ3) is 4.64. The summed E-state index contributed by atoms with van der Waals surface area (Å²) in [5.41, 5.74) is 1.34. The molecule has 1 heterocycles. The Hall–Kier alpha value is -2.88. The molecule has 1 fully saturated rings. The van der Waals surface area contributed by atoms with E-state index in [1.165, 1.54) is 18.2 Å². The summed E-state index contributed by atoms with van der Waals surface area (Å²) < 4.78 is 19.2. The van der Waals surface area contributed by atoms with Crippen molar-refractivity contribution in [2.24, 2.45) is 0 Å². The summed E-state index contributed by atoms with van der Waals surface area (Å²) >= 11 is 5.95. The molecule has 1 amide bonds. The van der Waals surface area contributed by atoms with Crippen LogP contribution in [0.5, 0.6) is 0 Å². The quantitative estimate of drug-likeness (QED) is 0.641. The van der Waals surface area contributed by atoms with Crippen LogP contribution in [0.15, 0.2) is 48.0 Å². The minimum absolute atomic E-state index is 0.00790. The summed E-state index contributed by atoms with van der Waals surface area (Å²) in [5.74, 6) is -1.23. The van der Waals surface area contributed by atoms with Gasteiger partial charge in [-0.05, 0) is 42.5 Å². The van der Waals surface area contributed by atoms with Crippen LogP contribution in [-0.2, 0) is 9.53 Å². The highest BCUT2D eigenvalue weighted by molar-refractivity contribution is 6.32. The fraction of sp³-hybridized carbons (Fsp3) is 0.200. The van der Waals surface area contributed by atoms with Gasteiger partial charge < -0.3 is 15.0 Å². The number of nitriles is 1. The predicted octanol–water partition coefficient (Wildman–Crippen LogP) is 3.86. The van der Waals surface area contributed by atoms with Crippen LogP contribution in [-0.4, -0.2) is 32.2 Å². The first kappa shape index (κ1) is 18.9. The van der Waals surface area contributed by atoms with Gasteiger partial charge in [-0.1, -0.05) is 17.7 Å². The number of carbonyl (C=O) groups is 1. The monoisotopic (exact) mass is 385 g/mol. The summed E-state index contributed by atoms with van der Waals surface area (Å²) in [6.07, 6.45) is 1.15. The molecule has 5 nitrogen and oxygen atoms in total. The maximum absolute atomic E-state index is 13.9. The molecule has 138 valence electrons. The molecule has 0 radical (unpaired) electrons. The first-order valence-corrected chi connectivity index (χ1v) is 8.76. The average Bonchev–Trinajstić information content (AvgIpc) is 2.69. The Kier molecular flexibility index (Phi) is 6.07. The van der Waals surface area contributed by atoms with E-state index in [9.17, 15) is 14.4 Å². The molecule has 0 aliphatic carbocycles. The van der Waals surface area contributed by atoms with Gasteiger partial charge in [0.15, 0.2) is 0 Å². The number of nitrogens with zero attached hydrogens (tertiary/aromatic N) is 2. The zero-order chi connectivity index (χ0) is 19.2. The number of morpholine rings is 1. The predicted molar refractivity (Wildman–Crippen MR) is 103 cm³/mol. The maximum Gasteiger partial charge on any atom is 0.266 e. The van der Waals surface area contributed by atoms with Crippen LogP contribution < -0.4 is 10.2 Å². The lowest BCUT2D eigenvalue weighted by Gasteiger charge is -2.28. The van der Waals surface area contributed by atoms with E-state index in [-0.39, 0.29) is 16.2 Å². The number of anilines is 2. The van der Waals surface area contributed by atoms with E-state index in [0.29, 0.717) is 18.9 Å². The van der Waals surface area contributed by atoms with E-state index in [0.717, 1.165) is 24.9 Å². The van der Waals surface area contributed by atoms with Gasteiger partial charge >= 0.3 is 0 Å². The molecule has 0 bridgehead atoms. The SMILES string of the molecule is N#C/C(=C\c1c(F)cccc1Cl)C(=O)Nc1ccc(N2CCOCC2)cc1. The van der Waals surface area contributed by atoms with Gasteiger partial charge in [0.2, 0.25) is 0 Å². The lowest BCUT2D eigenvalue weighted by Crippen LogP contribution is -2.36. The van der Waals surface area contributed by atoms with Crippen LogP contribution >= 0.6 is 11.6 Å². The molecule has 0 aromatic heterocycles. The molecule has 1 saturated heterocycles. The molecule has 1 aliphatic heterocycles. The minimum Gasteiger partial charge on any atom is -0.378 e. The molecule has 2 aromatic carbocycles. The molecule has 7 heteroatoms. The van der Waals surface area contributed by atoms with Gasteiger partial charge in [-0.2, -0.15) is 5.26 Å². The minimum atomic E-state index is -0.629. The molecule has 0 unspecified atom stereocenters. The summed E-state index contributed by atoms with van der Waals surface area (Å²) in [6, 6.07) is 13.3. The number of ether oxygens (including phenoxy) is 1. The Morgan fingerprint density at radius 3 is 2.56 bits per heavy atom. The Labute approximate surface area is 161 Å². The van der Waals surface area contributed by atoms with Crippen molar-refractivity contribution in [2.45, 2.75) is 0 Å². The van der Waals surface area contributed by atoms with Gasteiger partial charge in [-0.25, -0.2) is 4.39 Å². The topological polar surface area (TPSA) is 65.4 Å². The number of hydrogen-bond donors (Lipinski definition) is 1. The highest BCUT2D eigenvalue weighted by Crippen LogP contribution is 2.23. The molecule has 1 N–H and O–H groups in total. The van der Waals surface area contributed by atoms with Crippen molar-refractivity contribution in [1.29, 1.82) is 5.26 Å². The lowest BCUT2D eigenvalue weighted by atomic mass is 10.1. The van der Waals surface area contributed by atoms with E-state index >= 15 is 0 Å². The summed E-state index contributed by atoms with van der Waals surface area (Å²) in [5, 5.41) is 12.0. The van der Waals surface area contributed by atoms with Crippen molar-refractivity contribution >= 4 is 35.0 Å². The first-order valence-electron chi connectivity index (χ1n) is 8.38. The van der Waals surface area contributed by atoms with E-state index in [1.54, 1.807) is 18.2 Å². The molecule has 2 aromatic rings. The van der Waals surface area contributed by atoms with Crippen molar-refractivity contribution in [3.05, 3.63) is 64.4 Å². The molecular weight excluding hydrogens is 369 g/mol. The van der Waals surface area contributed by atoms with Crippen LogP contribution in [0.25, 0.3) is 6.08 Å². The highest BCUT2D eigenvalue weighted by atomic mass is 35.5. The Morgan fingerprint density at radius 2 is 1.93 bits per heavy atom. The second kappa shape index (κ2) is 8.67. The van der Waals surface area contributed by atoms with Crippen molar-refractivity contribution in [1.82, 2.24) is 0 Å². The summed E-state index contributed by atoms with van der Waals surface area (Å²) in [6.45, 7) is 3.01. The van der Waals surface area contributed by atoms with E-state index in [2.05, 4.69) is 10.2 Å². The fourth-order valence-corrected chi connectivity index (χ4v) is 2.93. The third-order valence-corrected chi connectivity index (χ3v) is 4.48. The van der Waals surface area contributed by atoms with E-state index < -0.39 is 11.7 Å². The number of hydrogen-bond acceptors (Lipinski definition) is 4.